The van der Waals surface area contributed by atoms with Gasteiger partial charge in [-0.2, -0.15) is 0 Å². The third kappa shape index (κ3) is 2.89. The number of hydrogen-bond acceptors (Lipinski definition) is 3. The van der Waals surface area contributed by atoms with E-state index in [2.05, 4.69) is 31.8 Å². The van der Waals surface area contributed by atoms with E-state index < -0.39 is 5.97 Å². The lowest BCUT2D eigenvalue weighted by Gasteiger charge is -2.34. The smallest absolute Gasteiger partial charge is 0.354 e. The van der Waals surface area contributed by atoms with Crippen LogP contribution in [0.4, 0.5) is 0 Å². The van der Waals surface area contributed by atoms with Crippen molar-refractivity contribution in [3.05, 3.63) is 23.0 Å². The van der Waals surface area contributed by atoms with Crippen LogP contribution < -0.4 is 5.46 Å². The maximum atomic E-state index is 12.0. The molecule has 1 aliphatic carbocycles. The number of carbonyl (C=O) groups is 1. The molecule has 2 heterocycles. The van der Waals surface area contributed by atoms with Crippen molar-refractivity contribution in [2.45, 2.75) is 47.0 Å². The van der Waals surface area contributed by atoms with Crippen LogP contribution in [0.1, 0.15) is 55.9 Å². The number of rotatable bonds is 2. The highest BCUT2D eigenvalue weighted by molar-refractivity contribution is 6.41. The number of esters is 1. The Morgan fingerprint density at radius 3 is 2.87 bits per heavy atom. The van der Waals surface area contributed by atoms with Crippen LogP contribution in [0.15, 0.2) is 6.07 Å². The molecule has 0 saturated heterocycles. The Bertz CT molecular complexity index is 758. The van der Waals surface area contributed by atoms with E-state index >= 15 is 0 Å². The maximum Gasteiger partial charge on any atom is 0.354 e. The molecule has 0 aromatic carbocycles. The van der Waals surface area contributed by atoms with Gasteiger partial charge in [0.05, 0.1) is 17.6 Å². The Morgan fingerprint density at radius 2 is 2.22 bits per heavy atom. The molecule has 2 aromatic rings. The van der Waals surface area contributed by atoms with Crippen LogP contribution in [0, 0.1) is 11.3 Å². The molecule has 1 unspecified atom stereocenters. The van der Waals surface area contributed by atoms with Gasteiger partial charge < -0.3 is 9.72 Å². The van der Waals surface area contributed by atoms with E-state index in [0.717, 1.165) is 30.5 Å². The Hall–Kier alpha value is -1.78. The normalized spacial score (nSPS) is 18.0. The lowest BCUT2D eigenvalue weighted by molar-refractivity contribution is 0.0522. The van der Waals surface area contributed by atoms with Gasteiger partial charge in [-0.1, -0.05) is 20.8 Å². The van der Waals surface area contributed by atoms with Crippen molar-refractivity contribution in [2.75, 3.05) is 6.61 Å². The van der Waals surface area contributed by atoms with Crippen LogP contribution in [0.25, 0.3) is 11.0 Å². The van der Waals surface area contributed by atoms with Gasteiger partial charge in [-0.25, -0.2) is 4.79 Å². The average Bonchev–Trinajstić information content (AvgIpc) is 2.80. The number of fused-ring (bicyclic) bond motifs is 2. The highest BCUT2D eigenvalue weighted by Crippen LogP contribution is 2.37. The van der Waals surface area contributed by atoms with E-state index in [1.807, 2.05) is 0 Å². The number of ether oxygens (including phenoxy) is 1. The molecule has 4 nitrogen and oxygen atoms in total. The van der Waals surface area contributed by atoms with Gasteiger partial charge in [0.25, 0.3) is 0 Å². The van der Waals surface area contributed by atoms with Gasteiger partial charge in [-0.3, -0.25) is 4.98 Å². The van der Waals surface area contributed by atoms with Crippen molar-refractivity contribution in [1.29, 1.82) is 0 Å². The minimum Gasteiger partial charge on any atom is -0.461 e. The second-order valence-corrected chi connectivity index (χ2v) is 7.43. The summed E-state index contributed by atoms with van der Waals surface area (Å²) in [6.07, 6.45) is 3.13. The summed E-state index contributed by atoms with van der Waals surface area (Å²) < 4.78 is 5.05. The van der Waals surface area contributed by atoms with Gasteiger partial charge in [0.1, 0.15) is 13.5 Å². The number of H-pyrrole nitrogens is 1. The van der Waals surface area contributed by atoms with E-state index in [1.165, 1.54) is 5.56 Å². The number of carbonyl (C=O) groups excluding carboxylic acids is 1. The van der Waals surface area contributed by atoms with Crippen LogP contribution in [0.2, 0.25) is 0 Å². The summed E-state index contributed by atoms with van der Waals surface area (Å²) in [6, 6.07) is 2.11. The number of aryl methyl sites for hydroxylation is 1. The van der Waals surface area contributed by atoms with Crippen molar-refractivity contribution in [1.82, 2.24) is 9.97 Å². The molecule has 1 aliphatic rings. The Morgan fingerprint density at radius 1 is 1.48 bits per heavy atom. The summed E-state index contributed by atoms with van der Waals surface area (Å²) in [6.45, 7) is 8.98. The van der Waals surface area contributed by atoms with E-state index in [4.69, 9.17) is 17.6 Å². The molecule has 0 saturated carbocycles. The summed E-state index contributed by atoms with van der Waals surface area (Å²) in [5.74, 6) is 0.222. The minimum absolute atomic E-state index is 0.289. The fraction of sp³-hybridized carbons (Fsp3) is 0.556. The summed E-state index contributed by atoms with van der Waals surface area (Å²) in [4.78, 5) is 19.8. The maximum absolute atomic E-state index is 12.0. The van der Waals surface area contributed by atoms with Crippen molar-refractivity contribution < 1.29 is 9.53 Å². The fourth-order valence-corrected chi connectivity index (χ4v) is 3.39. The molecule has 5 heteroatoms. The van der Waals surface area contributed by atoms with Crippen LogP contribution in [0.3, 0.4) is 0 Å². The molecule has 3 rings (SSSR count). The highest BCUT2D eigenvalue weighted by atomic mass is 16.5. The van der Waals surface area contributed by atoms with Gasteiger partial charge in [0.2, 0.25) is 0 Å². The van der Waals surface area contributed by atoms with Crippen LogP contribution >= 0.6 is 0 Å². The van der Waals surface area contributed by atoms with Gasteiger partial charge in [0.15, 0.2) is 0 Å². The van der Waals surface area contributed by atoms with Crippen LogP contribution in [-0.4, -0.2) is 30.4 Å². The quantitative estimate of drug-likeness (QED) is 0.685. The molecular weight excluding hydrogens is 287 g/mol. The molecule has 1 atom stereocenters. The van der Waals surface area contributed by atoms with Crippen LogP contribution in [0.5, 0.6) is 0 Å². The van der Waals surface area contributed by atoms with E-state index in [1.54, 1.807) is 6.92 Å². The number of nitrogens with zero attached hydrogens (tertiary/aromatic N) is 1. The largest absolute Gasteiger partial charge is 0.461 e. The molecule has 2 aromatic heterocycles. The zero-order valence-electron chi connectivity index (χ0n) is 14.3. The molecule has 0 fully saturated rings. The molecule has 2 radical (unpaired) electrons. The molecule has 23 heavy (non-hydrogen) atoms. The summed E-state index contributed by atoms with van der Waals surface area (Å²) in [5.41, 5.74) is 4.86. The third-order valence-corrected chi connectivity index (χ3v) is 4.88. The lowest BCUT2D eigenvalue weighted by atomic mass is 9.71. The van der Waals surface area contributed by atoms with Crippen molar-refractivity contribution in [3.8, 4) is 0 Å². The van der Waals surface area contributed by atoms with E-state index in [-0.39, 0.29) is 5.41 Å². The molecule has 0 amide bonds. The second-order valence-electron chi connectivity index (χ2n) is 7.43. The average molecular weight is 310 g/mol. The first kappa shape index (κ1) is 16.1. The number of pyridine rings is 1. The Balaban J connectivity index is 2.02. The molecule has 120 valence electrons. The minimum atomic E-state index is -0.423. The van der Waals surface area contributed by atoms with Crippen LogP contribution in [-0.2, 0) is 17.6 Å². The number of aromatic nitrogens is 2. The summed E-state index contributed by atoms with van der Waals surface area (Å²) >= 11 is 0. The number of aromatic amines is 1. The van der Waals surface area contributed by atoms with E-state index in [9.17, 15) is 4.79 Å². The molecular formula is C18H23BN2O2. The van der Waals surface area contributed by atoms with E-state index in [0.29, 0.717) is 29.2 Å². The first-order chi connectivity index (χ1) is 10.8. The van der Waals surface area contributed by atoms with Crippen molar-refractivity contribution >= 4 is 30.3 Å². The van der Waals surface area contributed by atoms with Gasteiger partial charge in [0, 0.05) is 5.69 Å². The first-order valence-corrected chi connectivity index (χ1v) is 8.28. The van der Waals surface area contributed by atoms with Crippen molar-refractivity contribution in [2.24, 2.45) is 11.3 Å². The number of hydrogen-bond donors (Lipinski definition) is 1. The molecule has 0 bridgehead atoms. The monoisotopic (exact) mass is 310 g/mol. The predicted octanol–water partition coefficient (Wildman–Crippen LogP) is 2.68. The second kappa shape index (κ2) is 5.70. The lowest BCUT2D eigenvalue weighted by Crippen LogP contribution is -2.27. The molecule has 1 N–H and O–H groups in total. The van der Waals surface area contributed by atoms with Crippen molar-refractivity contribution in [3.63, 3.8) is 0 Å². The fourth-order valence-electron chi connectivity index (χ4n) is 3.39. The highest BCUT2D eigenvalue weighted by Gasteiger charge is 2.30. The first-order valence-electron chi connectivity index (χ1n) is 8.28. The zero-order valence-corrected chi connectivity index (χ0v) is 14.3. The zero-order chi connectivity index (χ0) is 16.8. The number of nitrogens with one attached hydrogen (secondary N) is 1. The van der Waals surface area contributed by atoms with Gasteiger partial charge in [-0.15, -0.1) is 0 Å². The SMILES string of the molecule is [B]c1c(C(=O)OCC)[nH]c2cc3c(nc12)CCC(C(C)(C)C)C3. The standard InChI is InChI=1S/C18H23BN2O2/c1-5-23-17(22)16-14(19)15-13(21-16)9-10-8-11(18(2,3)4)6-7-12(10)20-15/h9,11,21H,5-8H2,1-4H3. The molecule has 0 spiro atoms. The summed E-state index contributed by atoms with van der Waals surface area (Å²) in [7, 11) is 6.11. The van der Waals surface area contributed by atoms with Gasteiger partial charge >= 0.3 is 5.97 Å². The third-order valence-electron chi connectivity index (χ3n) is 4.88. The van der Waals surface area contributed by atoms with Gasteiger partial charge in [-0.05, 0) is 54.6 Å². The Labute approximate surface area is 138 Å². The topological polar surface area (TPSA) is 55.0 Å². The Kier molecular flexibility index (Phi) is 3.99. The predicted molar refractivity (Wildman–Crippen MR) is 92.4 cm³/mol. The molecule has 0 aliphatic heterocycles. The summed E-state index contributed by atoms with van der Waals surface area (Å²) in [5, 5.41) is 0.